The minimum atomic E-state index is -1.51. The molecule has 1 amide bonds. The molecule has 0 spiro atoms. The second-order valence-electron chi connectivity index (χ2n) is 7.32. The number of carbonyl (C=O) groups excluding carboxylic acids is 1. The maximum atomic E-state index is 12.2. The quantitative estimate of drug-likeness (QED) is 0.553. The van der Waals surface area contributed by atoms with Gasteiger partial charge in [0.1, 0.15) is 5.60 Å². The summed E-state index contributed by atoms with van der Waals surface area (Å²) in [5.74, 6) is 0.519. The highest BCUT2D eigenvalue weighted by Crippen LogP contribution is 2.23. The fourth-order valence-corrected chi connectivity index (χ4v) is 3.11. The number of nitrogens with zero attached hydrogens (tertiary/aromatic N) is 2. The lowest BCUT2D eigenvalue weighted by atomic mass is 9.76. The second kappa shape index (κ2) is 7.89. The van der Waals surface area contributed by atoms with Crippen molar-refractivity contribution in [2.75, 3.05) is 31.1 Å². The molecule has 2 rings (SSSR count). The zero-order chi connectivity index (χ0) is 18.8. The van der Waals surface area contributed by atoms with Crippen molar-refractivity contribution in [2.45, 2.75) is 39.0 Å². The van der Waals surface area contributed by atoms with Crippen LogP contribution in [0.1, 0.15) is 31.9 Å². The molecule has 1 fully saturated rings. The van der Waals surface area contributed by atoms with Gasteiger partial charge in [0.15, 0.2) is 0 Å². The molecule has 8 heteroatoms. The van der Waals surface area contributed by atoms with Gasteiger partial charge in [-0.2, -0.15) is 12.6 Å². The average Bonchev–Trinajstić information content (AvgIpc) is 2.53. The first-order valence-electron chi connectivity index (χ1n) is 8.45. The normalized spacial score (nSPS) is 15.3. The molecule has 1 heterocycles. The summed E-state index contributed by atoms with van der Waals surface area (Å²) in [6, 6.07) is 3.80. The van der Waals surface area contributed by atoms with Gasteiger partial charge in [0.05, 0.1) is 0 Å². The number of carbonyl (C=O) groups is 1. The van der Waals surface area contributed by atoms with E-state index in [1.54, 1.807) is 11.0 Å². The van der Waals surface area contributed by atoms with Crippen LogP contribution in [0.5, 0.6) is 0 Å². The Morgan fingerprint density at radius 3 is 2.32 bits per heavy atom. The second-order valence-corrected chi connectivity index (χ2v) is 7.63. The summed E-state index contributed by atoms with van der Waals surface area (Å²) in [5, 5.41) is 19.2. The molecule has 0 bridgehead atoms. The minimum Gasteiger partial charge on any atom is -0.444 e. The highest BCUT2D eigenvalue weighted by atomic mass is 32.1. The number of anilines is 1. The van der Waals surface area contributed by atoms with Crippen molar-refractivity contribution in [3.63, 3.8) is 0 Å². The third-order valence-electron chi connectivity index (χ3n) is 4.21. The average molecular weight is 366 g/mol. The summed E-state index contributed by atoms with van der Waals surface area (Å²) in [6.45, 7) is 9.91. The summed E-state index contributed by atoms with van der Waals surface area (Å²) in [4.78, 5) is 16.0. The van der Waals surface area contributed by atoms with Crippen molar-refractivity contribution in [3.05, 3.63) is 23.3 Å². The van der Waals surface area contributed by atoms with Crippen molar-refractivity contribution in [2.24, 2.45) is 0 Å². The maximum Gasteiger partial charge on any atom is 0.488 e. The molecule has 6 nitrogen and oxygen atoms in total. The molecule has 1 aromatic carbocycles. The molecule has 0 atom stereocenters. The van der Waals surface area contributed by atoms with Crippen LogP contribution in [0.25, 0.3) is 0 Å². The number of amides is 1. The van der Waals surface area contributed by atoms with E-state index < -0.39 is 12.7 Å². The zero-order valence-corrected chi connectivity index (χ0v) is 16.2. The molecule has 2 N–H and O–H groups in total. The lowest BCUT2D eigenvalue weighted by Crippen LogP contribution is -2.50. The molecule has 0 aliphatic carbocycles. The van der Waals surface area contributed by atoms with Gasteiger partial charge >= 0.3 is 13.2 Å². The maximum absolute atomic E-state index is 12.2. The highest BCUT2D eigenvalue weighted by molar-refractivity contribution is 7.79. The number of rotatable bonds is 3. The van der Waals surface area contributed by atoms with Crippen LogP contribution in [0.15, 0.2) is 12.1 Å². The first-order valence-corrected chi connectivity index (χ1v) is 9.09. The van der Waals surface area contributed by atoms with Gasteiger partial charge < -0.3 is 24.6 Å². The number of hydrogen-bond donors (Lipinski definition) is 3. The van der Waals surface area contributed by atoms with Gasteiger partial charge in [0, 0.05) is 37.6 Å². The van der Waals surface area contributed by atoms with E-state index in [4.69, 9.17) is 4.74 Å². The Hall–Kier alpha value is -1.38. The van der Waals surface area contributed by atoms with Gasteiger partial charge in [-0.15, -0.1) is 0 Å². The van der Waals surface area contributed by atoms with Crippen LogP contribution >= 0.6 is 12.6 Å². The first kappa shape index (κ1) is 19.9. The molecule has 1 aliphatic rings. The Morgan fingerprint density at radius 2 is 1.84 bits per heavy atom. The number of piperazine rings is 1. The summed E-state index contributed by atoms with van der Waals surface area (Å²) in [6.07, 6.45) is -0.292. The number of ether oxygens (including phenoxy) is 1. The monoisotopic (exact) mass is 366 g/mol. The topological polar surface area (TPSA) is 73.2 Å². The summed E-state index contributed by atoms with van der Waals surface area (Å²) in [5.41, 5.74) is 2.72. The van der Waals surface area contributed by atoms with Crippen LogP contribution in [-0.2, 0) is 10.5 Å². The van der Waals surface area contributed by atoms with Crippen molar-refractivity contribution in [3.8, 4) is 0 Å². The molecule has 0 radical (unpaired) electrons. The van der Waals surface area contributed by atoms with Crippen LogP contribution in [0.4, 0.5) is 10.5 Å². The molecule has 0 saturated carbocycles. The highest BCUT2D eigenvalue weighted by Gasteiger charge is 2.27. The molecular formula is C17H27BN2O4S. The van der Waals surface area contributed by atoms with E-state index in [2.05, 4.69) is 17.5 Å². The van der Waals surface area contributed by atoms with Crippen LogP contribution < -0.4 is 10.4 Å². The predicted molar refractivity (Wildman–Crippen MR) is 104 cm³/mol. The van der Waals surface area contributed by atoms with Crippen LogP contribution in [-0.4, -0.2) is 59.9 Å². The summed E-state index contributed by atoms with van der Waals surface area (Å²) >= 11 is 4.30. The van der Waals surface area contributed by atoms with Gasteiger partial charge in [-0.05, 0) is 50.4 Å². The van der Waals surface area contributed by atoms with Gasteiger partial charge in [-0.3, -0.25) is 0 Å². The van der Waals surface area contributed by atoms with Gasteiger partial charge in [0.2, 0.25) is 0 Å². The van der Waals surface area contributed by atoms with E-state index in [0.717, 1.165) is 16.8 Å². The van der Waals surface area contributed by atoms with Crippen molar-refractivity contribution in [1.82, 2.24) is 4.90 Å². The predicted octanol–water partition coefficient (Wildman–Crippen LogP) is 1.16. The van der Waals surface area contributed by atoms with E-state index in [1.807, 2.05) is 33.8 Å². The standard InChI is InChI=1S/C17H27BN2O4S/c1-12-14(18(22)23)9-13(11-25)10-15(12)19-5-7-20(8-6-19)16(21)24-17(2,3)4/h9-10,22-23,25H,5-8,11H2,1-4H3. The smallest absolute Gasteiger partial charge is 0.444 e. The van der Waals surface area contributed by atoms with Crippen LogP contribution in [0.2, 0.25) is 0 Å². The largest absolute Gasteiger partial charge is 0.488 e. The Bertz CT molecular complexity index is 626. The minimum absolute atomic E-state index is 0.292. The van der Waals surface area contributed by atoms with Crippen LogP contribution in [0, 0.1) is 6.92 Å². The molecule has 0 aromatic heterocycles. The lowest BCUT2D eigenvalue weighted by molar-refractivity contribution is 0.0240. The van der Waals surface area contributed by atoms with Crippen molar-refractivity contribution < 1.29 is 19.6 Å². The lowest BCUT2D eigenvalue weighted by Gasteiger charge is -2.37. The number of hydrogen-bond acceptors (Lipinski definition) is 6. The fraction of sp³-hybridized carbons (Fsp3) is 0.588. The van der Waals surface area contributed by atoms with Gasteiger partial charge in [-0.25, -0.2) is 4.79 Å². The van der Waals surface area contributed by atoms with E-state index in [0.29, 0.717) is 37.4 Å². The van der Waals surface area contributed by atoms with Gasteiger partial charge in [-0.1, -0.05) is 6.07 Å². The molecule has 1 aromatic rings. The van der Waals surface area contributed by atoms with Crippen molar-refractivity contribution >= 4 is 37.0 Å². The van der Waals surface area contributed by atoms with Crippen molar-refractivity contribution in [1.29, 1.82) is 0 Å². The van der Waals surface area contributed by atoms with E-state index >= 15 is 0 Å². The SMILES string of the molecule is Cc1c(B(O)O)cc(CS)cc1N1CCN(C(=O)OC(C)(C)C)CC1. The molecule has 1 saturated heterocycles. The third kappa shape index (κ3) is 5.06. The van der Waals surface area contributed by atoms with Crippen LogP contribution in [0.3, 0.4) is 0 Å². The molecule has 25 heavy (non-hydrogen) atoms. The molecule has 138 valence electrons. The van der Waals surface area contributed by atoms with Gasteiger partial charge in [0.25, 0.3) is 0 Å². The third-order valence-corrected chi connectivity index (χ3v) is 4.58. The first-order chi connectivity index (χ1) is 11.6. The van der Waals surface area contributed by atoms with E-state index in [1.165, 1.54) is 0 Å². The Balaban J connectivity index is 2.13. The van der Waals surface area contributed by atoms with E-state index in [-0.39, 0.29) is 6.09 Å². The molecule has 0 unspecified atom stereocenters. The number of thiol groups is 1. The Morgan fingerprint density at radius 1 is 1.24 bits per heavy atom. The molecule has 1 aliphatic heterocycles. The summed E-state index contributed by atoms with van der Waals surface area (Å²) in [7, 11) is -1.51. The molecular weight excluding hydrogens is 339 g/mol. The Kier molecular flexibility index (Phi) is 6.29. The Labute approximate surface area is 155 Å². The zero-order valence-electron chi connectivity index (χ0n) is 15.3. The summed E-state index contributed by atoms with van der Waals surface area (Å²) < 4.78 is 5.42. The fourth-order valence-electron chi connectivity index (χ4n) is 2.93. The van der Waals surface area contributed by atoms with E-state index in [9.17, 15) is 14.8 Å². The number of benzene rings is 1.